The number of carbonyl (C=O) groups excluding carboxylic acids is 1. The van der Waals surface area contributed by atoms with Crippen LogP contribution in [0.3, 0.4) is 0 Å². The van der Waals surface area contributed by atoms with Crippen molar-refractivity contribution >= 4 is 16.9 Å². The number of rotatable bonds is 4. The van der Waals surface area contributed by atoms with Gasteiger partial charge >= 0.3 is 5.63 Å². The Balaban J connectivity index is 1.67. The first-order chi connectivity index (χ1) is 12.4. The van der Waals surface area contributed by atoms with Crippen LogP contribution in [0, 0.1) is 0 Å². The number of ether oxygens (including phenoxy) is 1. The van der Waals surface area contributed by atoms with Gasteiger partial charge in [-0.2, -0.15) is 0 Å². The van der Waals surface area contributed by atoms with Gasteiger partial charge in [0, 0.05) is 30.6 Å². The molecule has 1 unspecified atom stereocenters. The molecule has 1 aromatic carbocycles. The maximum Gasteiger partial charge on any atom is 0.336 e. The molecule has 1 aliphatic heterocycles. The summed E-state index contributed by atoms with van der Waals surface area (Å²) in [6, 6.07) is 6.78. The van der Waals surface area contributed by atoms with E-state index in [4.69, 9.17) is 9.15 Å². The fraction of sp³-hybridized carbons (Fsp3) is 0.500. The smallest absolute Gasteiger partial charge is 0.336 e. The van der Waals surface area contributed by atoms with E-state index < -0.39 is 5.60 Å². The normalized spacial score (nSPS) is 20.8. The topological polar surface area (TPSA) is 80.0 Å². The summed E-state index contributed by atoms with van der Waals surface area (Å²) in [7, 11) is 0. The monoisotopic (exact) mass is 359 g/mol. The van der Waals surface area contributed by atoms with Crippen LogP contribution in [0.5, 0.6) is 5.75 Å². The standard InChI is InChI=1S/C20H25NO5/c1-3-14-11-19(23)26-17-12-15(5-6-16(14)17)25-13-18(22)21-9-4-7-20(2,24)8-10-21/h5-6,11-12,24H,3-4,7-10,13H2,1-2H3. The van der Waals surface area contributed by atoms with Crippen molar-refractivity contribution in [2.75, 3.05) is 19.7 Å². The highest BCUT2D eigenvalue weighted by atomic mass is 16.5. The molecule has 3 rings (SSSR count). The van der Waals surface area contributed by atoms with Gasteiger partial charge in [-0.25, -0.2) is 4.79 Å². The van der Waals surface area contributed by atoms with Gasteiger partial charge < -0.3 is 19.2 Å². The highest BCUT2D eigenvalue weighted by Crippen LogP contribution is 2.24. The van der Waals surface area contributed by atoms with Crippen molar-refractivity contribution in [1.29, 1.82) is 0 Å². The summed E-state index contributed by atoms with van der Waals surface area (Å²) in [4.78, 5) is 25.8. The van der Waals surface area contributed by atoms with Gasteiger partial charge in [0.2, 0.25) is 0 Å². The number of fused-ring (bicyclic) bond motifs is 1. The Morgan fingerprint density at radius 2 is 2.12 bits per heavy atom. The average Bonchev–Trinajstić information content (AvgIpc) is 2.79. The number of benzene rings is 1. The minimum Gasteiger partial charge on any atom is -0.484 e. The molecule has 0 saturated carbocycles. The maximum atomic E-state index is 12.4. The lowest BCUT2D eigenvalue weighted by Gasteiger charge is -2.22. The summed E-state index contributed by atoms with van der Waals surface area (Å²) >= 11 is 0. The number of hydrogen-bond donors (Lipinski definition) is 1. The van der Waals surface area contributed by atoms with Crippen LogP contribution in [-0.2, 0) is 11.2 Å². The molecule has 2 heterocycles. The van der Waals surface area contributed by atoms with Crippen molar-refractivity contribution in [3.8, 4) is 5.75 Å². The van der Waals surface area contributed by atoms with Crippen LogP contribution < -0.4 is 10.4 Å². The Kier molecular flexibility index (Phi) is 5.32. The summed E-state index contributed by atoms with van der Waals surface area (Å²) in [5, 5.41) is 11.0. The van der Waals surface area contributed by atoms with Gasteiger partial charge in [-0.1, -0.05) is 6.92 Å². The quantitative estimate of drug-likeness (QED) is 0.849. The largest absolute Gasteiger partial charge is 0.484 e. The van der Waals surface area contributed by atoms with E-state index in [9.17, 15) is 14.7 Å². The fourth-order valence-corrected chi connectivity index (χ4v) is 3.34. The first kappa shape index (κ1) is 18.5. The maximum absolute atomic E-state index is 12.4. The van der Waals surface area contributed by atoms with Crippen LogP contribution in [0.2, 0.25) is 0 Å². The molecule has 1 aliphatic rings. The lowest BCUT2D eigenvalue weighted by molar-refractivity contribution is -0.133. The van der Waals surface area contributed by atoms with Gasteiger partial charge in [0.05, 0.1) is 5.60 Å². The van der Waals surface area contributed by atoms with Gasteiger partial charge in [0.25, 0.3) is 5.91 Å². The molecular weight excluding hydrogens is 334 g/mol. The zero-order valence-electron chi connectivity index (χ0n) is 15.3. The van der Waals surface area contributed by atoms with Gasteiger partial charge in [0.15, 0.2) is 6.61 Å². The molecule has 1 saturated heterocycles. The van der Waals surface area contributed by atoms with E-state index in [-0.39, 0.29) is 18.1 Å². The fourth-order valence-electron chi connectivity index (χ4n) is 3.34. The highest BCUT2D eigenvalue weighted by Gasteiger charge is 2.27. The molecule has 2 aromatic rings. The van der Waals surface area contributed by atoms with E-state index in [1.807, 2.05) is 19.9 Å². The van der Waals surface area contributed by atoms with Crippen molar-refractivity contribution in [3.63, 3.8) is 0 Å². The van der Waals surface area contributed by atoms with Crippen molar-refractivity contribution in [1.82, 2.24) is 4.90 Å². The number of aliphatic hydroxyl groups is 1. The van der Waals surface area contributed by atoms with Crippen molar-refractivity contribution in [2.24, 2.45) is 0 Å². The SMILES string of the molecule is CCc1cc(=O)oc2cc(OCC(=O)N3CCCC(C)(O)CC3)ccc12. The molecular formula is C20H25NO5. The van der Waals surface area contributed by atoms with E-state index in [1.165, 1.54) is 6.07 Å². The van der Waals surface area contributed by atoms with Crippen molar-refractivity contribution < 1.29 is 19.1 Å². The Hall–Kier alpha value is -2.34. The Labute approximate surface area is 152 Å². The molecule has 0 radical (unpaired) electrons. The first-order valence-corrected chi connectivity index (χ1v) is 9.08. The third-order valence-corrected chi connectivity index (χ3v) is 4.96. The van der Waals surface area contributed by atoms with Crippen molar-refractivity contribution in [3.05, 3.63) is 40.2 Å². The zero-order chi connectivity index (χ0) is 18.7. The van der Waals surface area contributed by atoms with Crippen LogP contribution in [-0.4, -0.2) is 41.2 Å². The zero-order valence-corrected chi connectivity index (χ0v) is 15.3. The summed E-state index contributed by atoms with van der Waals surface area (Å²) < 4.78 is 10.9. The van der Waals surface area contributed by atoms with E-state index in [0.717, 1.165) is 23.8 Å². The van der Waals surface area contributed by atoms with Crippen LogP contribution in [0.15, 0.2) is 33.5 Å². The van der Waals surface area contributed by atoms with E-state index in [1.54, 1.807) is 17.0 Å². The van der Waals surface area contributed by atoms with Gasteiger partial charge in [-0.3, -0.25) is 4.79 Å². The third kappa shape index (κ3) is 4.25. The summed E-state index contributed by atoms with van der Waals surface area (Å²) in [5.74, 6) is 0.385. The number of nitrogens with zero attached hydrogens (tertiary/aromatic N) is 1. The highest BCUT2D eigenvalue weighted by molar-refractivity contribution is 5.82. The third-order valence-electron chi connectivity index (χ3n) is 4.96. The number of amides is 1. The van der Waals surface area contributed by atoms with Gasteiger partial charge in [0.1, 0.15) is 11.3 Å². The molecule has 1 fully saturated rings. The van der Waals surface area contributed by atoms with Crippen LogP contribution in [0.25, 0.3) is 11.0 Å². The predicted molar refractivity (Wildman–Crippen MR) is 98.4 cm³/mol. The molecule has 140 valence electrons. The van der Waals surface area contributed by atoms with Crippen LogP contribution in [0.1, 0.15) is 38.7 Å². The second kappa shape index (κ2) is 7.50. The molecule has 0 bridgehead atoms. The molecule has 6 heteroatoms. The molecule has 26 heavy (non-hydrogen) atoms. The second-order valence-corrected chi connectivity index (χ2v) is 7.12. The molecule has 1 aromatic heterocycles. The molecule has 6 nitrogen and oxygen atoms in total. The van der Waals surface area contributed by atoms with Gasteiger partial charge in [-0.15, -0.1) is 0 Å². The second-order valence-electron chi connectivity index (χ2n) is 7.12. The molecule has 0 aliphatic carbocycles. The summed E-state index contributed by atoms with van der Waals surface area (Å²) in [6.45, 7) is 4.87. The summed E-state index contributed by atoms with van der Waals surface area (Å²) in [6.07, 6.45) is 2.78. The molecule has 1 N–H and O–H groups in total. The number of likely N-dealkylation sites (tertiary alicyclic amines) is 1. The van der Waals surface area contributed by atoms with Crippen LogP contribution in [0.4, 0.5) is 0 Å². The minimum absolute atomic E-state index is 0.0780. The number of aryl methyl sites for hydroxylation is 1. The summed E-state index contributed by atoms with van der Waals surface area (Å²) in [5.41, 5.74) is 0.294. The van der Waals surface area contributed by atoms with Gasteiger partial charge in [-0.05, 0) is 50.3 Å². The molecule has 1 amide bonds. The average molecular weight is 359 g/mol. The number of hydrogen-bond acceptors (Lipinski definition) is 5. The number of carbonyl (C=O) groups is 1. The Bertz CT molecular complexity index is 855. The van der Waals surface area contributed by atoms with E-state index in [0.29, 0.717) is 37.3 Å². The molecule has 0 spiro atoms. The molecule has 1 atom stereocenters. The predicted octanol–water partition coefficient (Wildman–Crippen LogP) is 2.50. The lowest BCUT2D eigenvalue weighted by Crippen LogP contribution is -2.36. The Morgan fingerprint density at radius 3 is 2.88 bits per heavy atom. The first-order valence-electron chi connectivity index (χ1n) is 9.08. The van der Waals surface area contributed by atoms with E-state index >= 15 is 0 Å². The van der Waals surface area contributed by atoms with Crippen molar-refractivity contribution in [2.45, 2.75) is 45.1 Å². The van der Waals surface area contributed by atoms with Crippen LogP contribution >= 0.6 is 0 Å². The minimum atomic E-state index is -0.706. The van der Waals surface area contributed by atoms with E-state index in [2.05, 4.69) is 0 Å². The Morgan fingerprint density at radius 1 is 1.31 bits per heavy atom. The lowest BCUT2D eigenvalue weighted by atomic mass is 9.98.